The molecule has 0 bridgehead atoms. The van der Waals surface area contributed by atoms with E-state index in [2.05, 4.69) is 66.9 Å². The van der Waals surface area contributed by atoms with Gasteiger partial charge in [-0.2, -0.15) is 0 Å². The van der Waals surface area contributed by atoms with Crippen molar-refractivity contribution in [1.29, 1.82) is 0 Å². The molecule has 0 aliphatic carbocycles. The normalized spacial score (nSPS) is 12.2. The average Bonchev–Trinajstić information content (AvgIpc) is 3.31. The van der Waals surface area contributed by atoms with Crippen LogP contribution in [0.5, 0.6) is 0 Å². The molecule has 0 saturated heterocycles. The number of hydrogen-bond donors (Lipinski definition) is 0. The van der Waals surface area contributed by atoms with Crippen molar-refractivity contribution < 1.29 is 4.39 Å². The van der Waals surface area contributed by atoms with E-state index in [1.807, 2.05) is 18.2 Å². The van der Waals surface area contributed by atoms with Crippen molar-refractivity contribution >= 4 is 11.0 Å². The smallest absolute Gasteiger partial charge is 0.123 e. The molecule has 0 spiro atoms. The zero-order chi connectivity index (χ0) is 21.1. The van der Waals surface area contributed by atoms with Gasteiger partial charge in [-0.15, -0.1) is 0 Å². The number of para-hydroxylation sites is 2. The molecule has 2 heterocycles. The minimum atomic E-state index is -0.213. The zero-order valence-corrected chi connectivity index (χ0v) is 17.5. The van der Waals surface area contributed by atoms with Gasteiger partial charge in [0.2, 0.25) is 0 Å². The highest BCUT2D eigenvalue weighted by atomic mass is 19.1. The van der Waals surface area contributed by atoms with Crippen LogP contribution in [0.25, 0.3) is 39.0 Å². The van der Waals surface area contributed by atoms with Crippen molar-refractivity contribution in [2.24, 2.45) is 0 Å². The quantitative estimate of drug-likeness (QED) is 0.303. The summed E-state index contributed by atoms with van der Waals surface area (Å²) in [6.45, 7) is 4.34. The van der Waals surface area contributed by atoms with E-state index in [9.17, 15) is 4.39 Å². The van der Waals surface area contributed by atoms with Crippen LogP contribution < -0.4 is 0 Å². The van der Waals surface area contributed by atoms with E-state index in [1.54, 1.807) is 0 Å². The van der Waals surface area contributed by atoms with Crippen molar-refractivity contribution in [3.05, 3.63) is 107 Å². The fourth-order valence-electron chi connectivity index (χ4n) is 4.85. The molecule has 0 radical (unpaired) electrons. The number of imidazole rings is 1. The Balaban J connectivity index is 1.56. The first-order chi connectivity index (χ1) is 15.1. The summed E-state index contributed by atoms with van der Waals surface area (Å²) in [6, 6.07) is 26.0. The van der Waals surface area contributed by atoms with Gasteiger partial charge in [0.1, 0.15) is 11.6 Å². The molecule has 31 heavy (non-hydrogen) atoms. The fourth-order valence-corrected chi connectivity index (χ4v) is 4.85. The zero-order valence-electron chi connectivity index (χ0n) is 17.5. The minimum absolute atomic E-state index is 0.213. The van der Waals surface area contributed by atoms with E-state index in [1.165, 1.54) is 45.6 Å². The lowest BCUT2D eigenvalue weighted by Crippen LogP contribution is -1.97. The van der Waals surface area contributed by atoms with Crippen LogP contribution in [0.3, 0.4) is 0 Å². The third-order valence-corrected chi connectivity index (χ3v) is 6.39. The van der Waals surface area contributed by atoms with Gasteiger partial charge in [-0.05, 0) is 89.2 Å². The number of halogens is 1. The van der Waals surface area contributed by atoms with Gasteiger partial charge in [0.15, 0.2) is 0 Å². The van der Waals surface area contributed by atoms with Crippen LogP contribution in [0.1, 0.15) is 22.5 Å². The summed E-state index contributed by atoms with van der Waals surface area (Å²) >= 11 is 0. The topological polar surface area (TPSA) is 17.8 Å². The Bertz CT molecular complexity index is 1480. The standard InChI is InChI=1S/C28H21FN2/c1-17-7-9-20(19-10-12-21(29)13-11-19)15-22(17)28-18(2)8-14-25-23(28)16-27-30-24-5-3-4-6-26(24)31(25)27/h3-15H,16H2,1-2H3. The molecular weight excluding hydrogens is 383 g/mol. The molecule has 0 amide bonds. The second-order valence-corrected chi connectivity index (χ2v) is 8.32. The predicted octanol–water partition coefficient (Wildman–Crippen LogP) is 7.02. The lowest BCUT2D eigenvalue weighted by Gasteiger charge is -2.17. The maximum absolute atomic E-state index is 13.4. The van der Waals surface area contributed by atoms with Crippen LogP contribution in [0, 0.1) is 19.7 Å². The Morgan fingerprint density at radius 1 is 0.806 bits per heavy atom. The highest BCUT2D eigenvalue weighted by molar-refractivity contribution is 5.86. The van der Waals surface area contributed by atoms with Crippen LogP contribution >= 0.6 is 0 Å². The molecule has 5 aromatic rings. The summed E-state index contributed by atoms with van der Waals surface area (Å²) in [4.78, 5) is 4.90. The molecule has 1 aliphatic heterocycles. The number of benzene rings is 4. The molecule has 0 fully saturated rings. The van der Waals surface area contributed by atoms with Gasteiger partial charge in [-0.25, -0.2) is 9.37 Å². The maximum Gasteiger partial charge on any atom is 0.123 e. The second-order valence-electron chi connectivity index (χ2n) is 8.32. The molecule has 0 saturated carbocycles. The molecule has 1 aliphatic rings. The van der Waals surface area contributed by atoms with Gasteiger partial charge < -0.3 is 0 Å². The van der Waals surface area contributed by atoms with Crippen molar-refractivity contribution in [3.8, 4) is 27.9 Å². The van der Waals surface area contributed by atoms with Crippen molar-refractivity contribution in [3.63, 3.8) is 0 Å². The van der Waals surface area contributed by atoms with Crippen LogP contribution in [-0.4, -0.2) is 9.55 Å². The molecule has 4 aromatic carbocycles. The van der Waals surface area contributed by atoms with Crippen molar-refractivity contribution in [2.45, 2.75) is 20.3 Å². The summed E-state index contributed by atoms with van der Waals surface area (Å²) in [5.41, 5.74) is 11.9. The second kappa shape index (κ2) is 6.64. The molecule has 2 nitrogen and oxygen atoms in total. The van der Waals surface area contributed by atoms with Gasteiger partial charge in [0, 0.05) is 6.42 Å². The van der Waals surface area contributed by atoms with E-state index >= 15 is 0 Å². The van der Waals surface area contributed by atoms with E-state index < -0.39 is 0 Å². The summed E-state index contributed by atoms with van der Waals surface area (Å²) in [6.07, 6.45) is 0.821. The molecule has 3 heteroatoms. The molecule has 0 atom stereocenters. The molecule has 1 aromatic heterocycles. The van der Waals surface area contributed by atoms with E-state index in [4.69, 9.17) is 4.98 Å². The van der Waals surface area contributed by atoms with Gasteiger partial charge in [0.05, 0.1) is 16.7 Å². The number of fused-ring (bicyclic) bond motifs is 5. The Morgan fingerprint density at radius 2 is 1.55 bits per heavy atom. The summed E-state index contributed by atoms with van der Waals surface area (Å²) in [5, 5.41) is 0. The molecule has 0 unspecified atom stereocenters. The lowest BCUT2D eigenvalue weighted by molar-refractivity contribution is 0.628. The average molecular weight is 404 g/mol. The fraction of sp³-hybridized carbons (Fsp3) is 0.107. The van der Waals surface area contributed by atoms with Crippen LogP contribution in [0.4, 0.5) is 4.39 Å². The SMILES string of the molecule is Cc1ccc(-c2ccc(F)cc2)cc1-c1c(C)ccc2c1Cc1nc3ccccc3n1-2. The van der Waals surface area contributed by atoms with Crippen molar-refractivity contribution in [1.82, 2.24) is 9.55 Å². The highest BCUT2D eigenvalue weighted by Crippen LogP contribution is 2.41. The highest BCUT2D eigenvalue weighted by Gasteiger charge is 2.26. The van der Waals surface area contributed by atoms with Gasteiger partial charge >= 0.3 is 0 Å². The van der Waals surface area contributed by atoms with E-state index in [0.29, 0.717) is 0 Å². The van der Waals surface area contributed by atoms with Gasteiger partial charge in [-0.3, -0.25) is 4.57 Å². The third kappa shape index (κ3) is 2.73. The van der Waals surface area contributed by atoms with E-state index in [0.717, 1.165) is 34.4 Å². The Kier molecular flexibility index (Phi) is 3.87. The summed E-state index contributed by atoms with van der Waals surface area (Å²) < 4.78 is 15.7. The Hall–Kier alpha value is -3.72. The first kappa shape index (κ1) is 18.1. The lowest BCUT2D eigenvalue weighted by atomic mass is 9.88. The van der Waals surface area contributed by atoms with Crippen LogP contribution in [0.2, 0.25) is 0 Å². The Labute approximate surface area is 180 Å². The molecule has 6 rings (SSSR count). The molecule has 150 valence electrons. The summed E-state index contributed by atoms with van der Waals surface area (Å²) in [7, 11) is 0. The minimum Gasteiger partial charge on any atom is -0.296 e. The van der Waals surface area contributed by atoms with Gasteiger partial charge in [0.25, 0.3) is 0 Å². The van der Waals surface area contributed by atoms with Gasteiger partial charge in [-0.1, -0.05) is 42.5 Å². The number of aromatic nitrogens is 2. The number of nitrogens with zero attached hydrogens (tertiary/aromatic N) is 2. The molecular formula is C28H21FN2. The molecule has 0 N–H and O–H groups in total. The largest absolute Gasteiger partial charge is 0.296 e. The first-order valence-electron chi connectivity index (χ1n) is 10.6. The summed E-state index contributed by atoms with van der Waals surface area (Å²) in [5.74, 6) is 0.879. The number of rotatable bonds is 2. The van der Waals surface area contributed by atoms with Crippen molar-refractivity contribution in [2.75, 3.05) is 0 Å². The first-order valence-corrected chi connectivity index (χ1v) is 10.6. The van der Waals surface area contributed by atoms with Crippen LogP contribution in [-0.2, 0) is 6.42 Å². The Morgan fingerprint density at radius 3 is 2.39 bits per heavy atom. The number of aryl methyl sites for hydroxylation is 2. The number of hydrogen-bond acceptors (Lipinski definition) is 1. The predicted molar refractivity (Wildman–Crippen MR) is 124 cm³/mol. The van der Waals surface area contributed by atoms with Crippen LogP contribution in [0.15, 0.2) is 78.9 Å². The monoisotopic (exact) mass is 404 g/mol. The van der Waals surface area contributed by atoms with E-state index in [-0.39, 0.29) is 5.82 Å². The maximum atomic E-state index is 13.4. The third-order valence-electron chi connectivity index (χ3n) is 6.39.